The van der Waals surface area contributed by atoms with Gasteiger partial charge in [-0.25, -0.2) is 4.98 Å². The Morgan fingerprint density at radius 1 is 1.21 bits per heavy atom. The molecular formula is C15H21N3S. The molecule has 19 heavy (non-hydrogen) atoms. The monoisotopic (exact) mass is 275 g/mol. The van der Waals surface area contributed by atoms with E-state index in [1.807, 2.05) is 24.5 Å². The molecule has 3 nitrogen and oxygen atoms in total. The number of thiazole rings is 1. The molecule has 0 aliphatic carbocycles. The Bertz CT molecular complexity index is 526. The van der Waals surface area contributed by atoms with Crippen molar-refractivity contribution in [2.75, 3.05) is 0 Å². The third-order valence-corrected chi connectivity index (χ3v) is 3.98. The van der Waals surface area contributed by atoms with Crippen molar-refractivity contribution in [1.29, 1.82) is 0 Å². The SMILES string of the molecule is Cc1nc(Cc2ccncc2)sc1CNC(C)(C)C. The number of nitrogens with one attached hydrogen (secondary N) is 1. The summed E-state index contributed by atoms with van der Waals surface area (Å²) in [5.74, 6) is 0. The molecule has 0 spiro atoms. The molecule has 0 aliphatic heterocycles. The molecule has 0 saturated carbocycles. The molecule has 4 heteroatoms. The van der Waals surface area contributed by atoms with Gasteiger partial charge in [-0.15, -0.1) is 11.3 Å². The Kier molecular flexibility index (Phi) is 4.32. The number of pyridine rings is 1. The number of aryl methyl sites for hydroxylation is 1. The van der Waals surface area contributed by atoms with Crippen LogP contribution in [0.25, 0.3) is 0 Å². The van der Waals surface area contributed by atoms with Gasteiger partial charge in [-0.1, -0.05) is 0 Å². The fraction of sp³-hybridized carbons (Fsp3) is 0.467. The molecule has 2 rings (SSSR count). The Labute approximate surface area is 119 Å². The van der Waals surface area contributed by atoms with Gasteiger partial charge in [0.2, 0.25) is 0 Å². The molecule has 0 saturated heterocycles. The molecule has 1 N–H and O–H groups in total. The molecule has 0 bridgehead atoms. The lowest BCUT2D eigenvalue weighted by Crippen LogP contribution is -2.34. The summed E-state index contributed by atoms with van der Waals surface area (Å²) in [5, 5.41) is 4.69. The summed E-state index contributed by atoms with van der Waals surface area (Å²) < 4.78 is 0. The lowest BCUT2D eigenvalue weighted by molar-refractivity contribution is 0.425. The second-order valence-electron chi connectivity index (χ2n) is 5.75. The predicted octanol–water partition coefficient (Wildman–Crippen LogP) is 3.33. The molecule has 0 amide bonds. The quantitative estimate of drug-likeness (QED) is 0.930. The van der Waals surface area contributed by atoms with Gasteiger partial charge in [0.1, 0.15) is 0 Å². The van der Waals surface area contributed by atoms with Crippen LogP contribution in [-0.2, 0) is 13.0 Å². The molecule has 2 aromatic heterocycles. The van der Waals surface area contributed by atoms with Gasteiger partial charge in [0, 0.05) is 35.8 Å². The highest BCUT2D eigenvalue weighted by Crippen LogP contribution is 2.21. The minimum Gasteiger partial charge on any atom is -0.307 e. The Hall–Kier alpha value is -1.26. The zero-order chi connectivity index (χ0) is 13.9. The summed E-state index contributed by atoms with van der Waals surface area (Å²) in [4.78, 5) is 10.0. The van der Waals surface area contributed by atoms with E-state index in [1.165, 1.54) is 15.4 Å². The van der Waals surface area contributed by atoms with Crippen molar-refractivity contribution in [2.45, 2.75) is 46.2 Å². The molecule has 0 atom stereocenters. The third kappa shape index (κ3) is 4.40. The second-order valence-corrected chi connectivity index (χ2v) is 6.92. The van der Waals surface area contributed by atoms with E-state index in [0.717, 1.165) is 18.7 Å². The summed E-state index contributed by atoms with van der Waals surface area (Å²) in [6.07, 6.45) is 4.55. The predicted molar refractivity (Wildman–Crippen MR) is 80.5 cm³/mol. The van der Waals surface area contributed by atoms with Gasteiger partial charge in [0.25, 0.3) is 0 Å². The van der Waals surface area contributed by atoms with Gasteiger partial charge in [0.15, 0.2) is 0 Å². The molecule has 0 fully saturated rings. The largest absolute Gasteiger partial charge is 0.307 e. The lowest BCUT2D eigenvalue weighted by atomic mass is 10.1. The molecule has 0 aromatic carbocycles. The van der Waals surface area contributed by atoms with E-state index in [-0.39, 0.29) is 5.54 Å². The van der Waals surface area contributed by atoms with Crippen LogP contribution in [-0.4, -0.2) is 15.5 Å². The average molecular weight is 275 g/mol. The number of hydrogen-bond donors (Lipinski definition) is 1. The van der Waals surface area contributed by atoms with E-state index in [1.54, 1.807) is 11.3 Å². The minimum absolute atomic E-state index is 0.141. The fourth-order valence-corrected chi connectivity index (χ4v) is 2.79. The van der Waals surface area contributed by atoms with Gasteiger partial charge in [-0.3, -0.25) is 4.98 Å². The maximum atomic E-state index is 4.66. The minimum atomic E-state index is 0.141. The van der Waals surface area contributed by atoms with E-state index in [0.29, 0.717) is 0 Å². The van der Waals surface area contributed by atoms with E-state index in [2.05, 4.69) is 43.0 Å². The van der Waals surface area contributed by atoms with Crippen molar-refractivity contribution in [1.82, 2.24) is 15.3 Å². The number of hydrogen-bond acceptors (Lipinski definition) is 4. The smallest absolute Gasteiger partial charge is 0.0975 e. The highest BCUT2D eigenvalue weighted by molar-refractivity contribution is 7.11. The molecule has 2 heterocycles. The first-order valence-corrected chi connectivity index (χ1v) is 7.35. The van der Waals surface area contributed by atoms with Gasteiger partial charge in [-0.05, 0) is 45.4 Å². The van der Waals surface area contributed by atoms with Gasteiger partial charge >= 0.3 is 0 Å². The highest BCUT2D eigenvalue weighted by atomic mass is 32.1. The lowest BCUT2D eigenvalue weighted by Gasteiger charge is -2.19. The van der Waals surface area contributed by atoms with Crippen LogP contribution in [0.2, 0.25) is 0 Å². The number of rotatable bonds is 4. The van der Waals surface area contributed by atoms with Crippen LogP contribution < -0.4 is 5.32 Å². The molecule has 0 unspecified atom stereocenters. The van der Waals surface area contributed by atoms with Crippen LogP contribution in [0.15, 0.2) is 24.5 Å². The summed E-state index contributed by atoms with van der Waals surface area (Å²) in [6, 6.07) is 4.09. The summed E-state index contributed by atoms with van der Waals surface area (Å²) in [5.41, 5.74) is 2.55. The van der Waals surface area contributed by atoms with Crippen LogP contribution in [0.3, 0.4) is 0 Å². The Balaban J connectivity index is 2.04. The topological polar surface area (TPSA) is 37.8 Å². The van der Waals surface area contributed by atoms with Gasteiger partial charge in [0.05, 0.1) is 10.7 Å². The second kappa shape index (κ2) is 5.80. The van der Waals surface area contributed by atoms with E-state index >= 15 is 0 Å². The molecule has 2 aromatic rings. The zero-order valence-corrected chi connectivity index (χ0v) is 12.8. The van der Waals surface area contributed by atoms with E-state index in [9.17, 15) is 0 Å². The third-order valence-electron chi connectivity index (χ3n) is 2.82. The van der Waals surface area contributed by atoms with Crippen molar-refractivity contribution in [2.24, 2.45) is 0 Å². The first-order chi connectivity index (χ1) is 8.94. The van der Waals surface area contributed by atoms with Crippen LogP contribution in [0, 0.1) is 6.92 Å². The van der Waals surface area contributed by atoms with Crippen molar-refractivity contribution in [3.63, 3.8) is 0 Å². The summed E-state index contributed by atoms with van der Waals surface area (Å²) in [6.45, 7) is 9.53. The van der Waals surface area contributed by atoms with Crippen molar-refractivity contribution >= 4 is 11.3 Å². The molecule has 0 aliphatic rings. The fourth-order valence-electron chi connectivity index (χ4n) is 1.75. The van der Waals surface area contributed by atoms with Crippen molar-refractivity contribution in [3.05, 3.63) is 45.7 Å². The normalized spacial score (nSPS) is 11.8. The van der Waals surface area contributed by atoms with Crippen LogP contribution in [0.5, 0.6) is 0 Å². The molecule has 102 valence electrons. The van der Waals surface area contributed by atoms with Crippen molar-refractivity contribution in [3.8, 4) is 0 Å². The number of aromatic nitrogens is 2. The first-order valence-electron chi connectivity index (χ1n) is 6.53. The van der Waals surface area contributed by atoms with Gasteiger partial charge in [-0.2, -0.15) is 0 Å². The summed E-state index contributed by atoms with van der Waals surface area (Å²) >= 11 is 1.80. The average Bonchev–Trinajstić information content (AvgIpc) is 2.67. The summed E-state index contributed by atoms with van der Waals surface area (Å²) in [7, 11) is 0. The number of nitrogens with zero attached hydrogens (tertiary/aromatic N) is 2. The van der Waals surface area contributed by atoms with E-state index in [4.69, 9.17) is 0 Å². The maximum absolute atomic E-state index is 4.66. The first kappa shape index (κ1) is 14.2. The molecular weight excluding hydrogens is 254 g/mol. The Morgan fingerprint density at radius 2 is 1.89 bits per heavy atom. The van der Waals surface area contributed by atoms with Crippen molar-refractivity contribution < 1.29 is 0 Å². The molecule has 0 radical (unpaired) electrons. The van der Waals surface area contributed by atoms with E-state index < -0.39 is 0 Å². The van der Waals surface area contributed by atoms with Crippen LogP contribution in [0.4, 0.5) is 0 Å². The van der Waals surface area contributed by atoms with Crippen LogP contribution >= 0.6 is 11.3 Å². The zero-order valence-electron chi connectivity index (χ0n) is 12.0. The Morgan fingerprint density at radius 3 is 2.53 bits per heavy atom. The van der Waals surface area contributed by atoms with Crippen LogP contribution in [0.1, 0.15) is 41.9 Å². The highest BCUT2D eigenvalue weighted by Gasteiger charge is 2.12. The standard InChI is InChI=1S/C15H21N3S/c1-11-13(10-17-15(2,3)4)19-14(18-11)9-12-5-7-16-8-6-12/h5-8,17H,9-10H2,1-4H3. The van der Waals surface area contributed by atoms with Gasteiger partial charge < -0.3 is 5.32 Å². The maximum Gasteiger partial charge on any atom is 0.0975 e.